The summed E-state index contributed by atoms with van der Waals surface area (Å²) in [5, 5.41) is 7.44. The minimum atomic E-state index is 0.0294. The van der Waals surface area contributed by atoms with Crippen LogP contribution in [0.3, 0.4) is 0 Å². The van der Waals surface area contributed by atoms with Crippen molar-refractivity contribution in [2.24, 2.45) is 5.73 Å². The lowest BCUT2D eigenvalue weighted by atomic mass is 10.1. The van der Waals surface area contributed by atoms with Crippen LogP contribution in [0.5, 0.6) is 5.75 Å². The molecule has 0 aliphatic heterocycles. The van der Waals surface area contributed by atoms with Crippen LogP contribution in [0.4, 0.5) is 0 Å². The largest absolute Gasteiger partial charge is 0.493 e. The van der Waals surface area contributed by atoms with Crippen LogP contribution in [-0.4, -0.2) is 26.2 Å². The number of amidine groups is 1. The molecule has 1 aromatic carbocycles. The van der Waals surface area contributed by atoms with Crippen molar-refractivity contribution in [3.8, 4) is 5.75 Å². The van der Waals surface area contributed by atoms with Crippen molar-refractivity contribution in [3.05, 3.63) is 29.3 Å². The number of nitrogen functional groups attached to an aromatic ring is 1. The third-order valence-electron chi connectivity index (χ3n) is 2.18. The first-order chi connectivity index (χ1) is 7.65. The normalized spacial score (nSPS) is 10.1. The second-order valence-corrected chi connectivity index (χ2v) is 3.61. The highest BCUT2D eigenvalue weighted by Crippen LogP contribution is 2.19. The molecule has 0 aliphatic carbocycles. The fraction of sp³-hybridized carbons (Fsp3) is 0.417. The van der Waals surface area contributed by atoms with Gasteiger partial charge >= 0.3 is 0 Å². The number of nitrogens with two attached hydrogens (primary N) is 1. The maximum Gasteiger partial charge on any atom is 0.130 e. The Labute approximate surface area is 95.9 Å². The summed E-state index contributed by atoms with van der Waals surface area (Å²) in [6.07, 6.45) is 0.821. The Hall–Kier alpha value is -1.55. The van der Waals surface area contributed by atoms with E-state index in [1.807, 2.05) is 25.1 Å². The lowest BCUT2D eigenvalue weighted by Crippen LogP contribution is -2.14. The lowest BCUT2D eigenvalue weighted by molar-refractivity contribution is 0.172. The molecule has 0 aromatic heterocycles. The number of benzene rings is 1. The summed E-state index contributed by atoms with van der Waals surface area (Å²) < 4.78 is 10.5. The van der Waals surface area contributed by atoms with Crippen LogP contribution in [0, 0.1) is 12.3 Å². The van der Waals surface area contributed by atoms with Gasteiger partial charge in [0.1, 0.15) is 11.6 Å². The number of aryl methyl sites for hydroxylation is 1. The van der Waals surface area contributed by atoms with Crippen LogP contribution >= 0.6 is 0 Å². The van der Waals surface area contributed by atoms with E-state index in [1.54, 1.807) is 7.11 Å². The Bertz CT molecular complexity index is 364. The highest BCUT2D eigenvalue weighted by atomic mass is 16.5. The van der Waals surface area contributed by atoms with Gasteiger partial charge in [0.05, 0.1) is 12.2 Å². The molecule has 0 fully saturated rings. The van der Waals surface area contributed by atoms with Gasteiger partial charge in [0, 0.05) is 20.1 Å². The zero-order valence-electron chi connectivity index (χ0n) is 9.75. The van der Waals surface area contributed by atoms with E-state index < -0.39 is 0 Å². The second-order valence-electron chi connectivity index (χ2n) is 3.61. The number of nitrogens with one attached hydrogen (secondary N) is 1. The molecule has 16 heavy (non-hydrogen) atoms. The highest BCUT2D eigenvalue weighted by Gasteiger charge is 2.06. The van der Waals surface area contributed by atoms with E-state index in [-0.39, 0.29) is 5.84 Å². The lowest BCUT2D eigenvalue weighted by Gasteiger charge is -2.11. The summed E-state index contributed by atoms with van der Waals surface area (Å²) in [5.74, 6) is 0.699. The molecule has 0 heterocycles. The molecule has 1 rings (SSSR count). The molecule has 0 saturated heterocycles. The Balaban J connectivity index is 2.68. The van der Waals surface area contributed by atoms with Gasteiger partial charge in [-0.15, -0.1) is 0 Å². The molecule has 0 aliphatic rings. The number of methoxy groups -OCH3 is 1. The average molecular weight is 222 g/mol. The first-order valence-electron chi connectivity index (χ1n) is 5.22. The Morgan fingerprint density at radius 3 is 2.75 bits per heavy atom. The van der Waals surface area contributed by atoms with Gasteiger partial charge in [0.2, 0.25) is 0 Å². The summed E-state index contributed by atoms with van der Waals surface area (Å²) >= 11 is 0. The summed E-state index contributed by atoms with van der Waals surface area (Å²) in [4.78, 5) is 0. The van der Waals surface area contributed by atoms with Gasteiger partial charge in [0.15, 0.2) is 0 Å². The van der Waals surface area contributed by atoms with Gasteiger partial charge in [-0.25, -0.2) is 0 Å². The first kappa shape index (κ1) is 12.5. The summed E-state index contributed by atoms with van der Waals surface area (Å²) in [6.45, 7) is 3.21. The fourth-order valence-electron chi connectivity index (χ4n) is 1.36. The summed E-state index contributed by atoms with van der Waals surface area (Å²) in [5.41, 5.74) is 7.20. The smallest absolute Gasteiger partial charge is 0.130 e. The van der Waals surface area contributed by atoms with E-state index in [0.29, 0.717) is 24.5 Å². The molecule has 0 bridgehead atoms. The summed E-state index contributed by atoms with van der Waals surface area (Å²) in [6, 6.07) is 5.62. The van der Waals surface area contributed by atoms with Crippen LogP contribution in [-0.2, 0) is 4.74 Å². The standard InChI is InChI=1S/C12H18N2O2/c1-9-4-5-10(12(13)14)11(8-9)16-7-3-6-15-2/h4-5,8H,3,6-7H2,1-2H3,(H3,13,14). The van der Waals surface area contributed by atoms with E-state index in [1.165, 1.54) is 0 Å². The quantitative estimate of drug-likeness (QED) is 0.437. The second kappa shape index (κ2) is 6.12. The molecule has 0 atom stereocenters. The predicted octanol–water partition coefficient (Wildman–Crippen LogP) is 1.69. The van der Waals surface area contributed by atoms with Crippen LogP contribution in [0.2, 0.25) is 0 Å². The molecule has 0 unspecified atom stereocenters. The van der Waals surface area contributed by atoms with Gasteiger partial charge in [-0.3, -0.25) is 5.41 Å². The van der Waals surface area contributed by atoms with Crippen molar-refractivity contribution >= 4 is 5.84 Å². The van der Waals surface area contributed by atoms with Crippen LogP contribution in [0.15, 0.2) is 18.2 Å². The van der Waals surface area contributed by atoms with Crippen molar-refractivity contribution in [2.75, 3.05) is 20.3 Å². The number of hydrogen-bond donors (Lipinski definition) is 2. The topological polar surface area (TPSA) is 68.3 Å². The third-order valence-corrected chi connectivity index (χ3v) is 2.18. The maximum atomic E-state index is 7.44. The van der Waals surface area contributed by atoms with Gasteiger partial charge in [-0.2, -0.15) is 0 Å². The minimum Gasteiger partial charge on any atom is -0.493 e. The minimum absolute atomic E-state index is 0.0294. The SMILES string of the molecule is COCCCOc1cc(C)ccc1C(=N)N. The summed E-state index contributed by atoms with van der Waals surface area (Å²) in [7, 11) is 1.66. The van der Waals surface area contributed by atoms with Gasteiger partial charge < -0.3 is 15.2 Å². The Kier molecular flexibility index (Phi) is 4.79. The molecular formula is C12H18N2O2. The average Bonchev–Trinajstić information content (AvgIpc) is 2.24. The van der Waals surface area contributed by atoms with E-state index >= 15 is 0 Å². The van der Waals surface area contributed by atoms with Gasteiger partial charge in [-0.05, 0) is 24.6 Å². The number of rotatable bonds is 6. The molecule has 0 amide bonds. The van der Waals surface area contributed by atoms with E-state index in [2.05, 4.69) is 0 Å². The molecule has 4 nitrogen and oxygen atoms in total. The molecule has 1 aromatic rings. The maximum absolute atomic E-state index is 7.44. The van der Waals surface area contributed by atoms with Crippen molar-refractivity contribution in [2.45, 2.75) is 13.3 Å². The zero-order valence-corrected chi connectivity index (χ0v) is 9.75. The van der Waals surface area contributed by atoms with Crippen molar-refractivity contribution in [3.63, 3.8) is 0 Å². The van der Waals surface area contributed by atoms with Crippen molar-refractivity contribution in [1.82, 2.24) is 0 Å². The zero-order chi connectivity index (χ0) is 12.0. The predicted molar refractivity (Wildman–Crippen MR) is 64.2 cm³/mol. The molecule has 0 spiro atoms. The van der Waals surface area contributed by atoms with Gasteiger partial charge in [0.25, 0.3) is 0 Å². The fourth-order valence-corrected chi connectivity index (χ4v) is 1.36. The molecule has 0 radical (unpaired) electrons. The van der Waals surface area contributed by atoms with Crippen molar-refractivity contribution < 1.29 is 9.47 Å². The Morgan fingerprint density at radius 1 is 1.38 bits per heavy atom. The number of hydrogen-bond acceptors (Lipinski definition) is 3. The van der Waals surface area contributed by atoms with Crippen molar-refractivity contribution in [1.29, 1.82) is 5.41 Å². The highest BCUT2D eigenvalue weighted by molar-refractivity contribution is 5.97. The van der Waals surface area contributed by atoms with Gasteiger partial charge in [-0.1, -0.05) is 6.07 Å². The van der Waals surface area contributed by atoms with E-state index in [0.717, 1.165) is 12.0 Å². The molecule has 88 valence electrons. The van der Waals surface area contributed by atoms with Crippen LogP contribution in [0.25, 0.3) is 0 Å². The van der Waals surface area contributed by atoms with Crippen LogP contribution in [0.1, 0.15) is 17.5 Å². The monoisotopic (exact) mass is 222 g/mol. The first-order valence-corrected chi connectivity index (χ1v) is 5.22. The molecular weight excluding hydrogens is 204 g/mol. The Morgan fingerprint density at radius 2 is 2.12 bits per heavy atom. The third kappa shape index (κ3) is 3.55. The molecule has 4 heteroatoms. The van der Waals surface area contributed by atoms with E-state index in [9.17, 15) is 0 Å². The van der Waals surface area contributed by atoms with Crippen LogP contribution < -0.4 is 10.5 Å². The molecule has 0 saturated carbocycles. The number of ether oxygens (including phenoxy) is 2. The van der Waals surface area contributed by atoms with E-state index in [4.69, 9.17) is 20.6 Å². The molecule has 3 N–H and O–H groups in total.